The summed E-state index contributed by atoms with van der Waals surface area (Å²) in [5.74, 6) is 1.39. The van der Waals surface area contributed by atoms with Crippen LogP contribution < -0.4 is 10.5 Å². The molecule has 3 aromatic heterocycles. The van der Waals surface area contributed by atoms with Crippen molar-refractivity contribution in [3.8, 4) is 28.3 Å². The Morgan fingerprint density at radius 1 is 1.20 bits per heavy atom. The molecule has 3 heterocycles. The zero-order chi connectivity index (χ0) is 13.9. The third-order valence-electron chi connectivity index (χ3n) is 2.89. The first-order valence-corrected chi connectivity index (χ1v) is 5.96. The Labute approximate surface area is 115 Å². The minimum atomic E-state index is 0.289. The fourth-order valence-electron chi connectivity index (χ4n) is 1.97. The Kier molecular flexibility index (Phi) is 3.04. The average molecular weight is 268 g/mol. The lowest BCUT2D eigenvalue weighted by atomic mass is 10.1. The van der Waals surface area contributed by atoms with Gasteiger partial charge in [-0.25, -0.2) is 0 Å². The number of pyridine rings is 2. The Hall–Kier alpha value is -2.89. The van der Waals surface area contributed by atoms with Crippen LogP contribution in [0.15, 0.2) is 47.4 Å². The second kappa shape index (κ2) is 5.00. The van der Waals surface area contributed by atoms with E-state index in [9.17, 15) is 0 Å². The van der Waals surface area contributed by atoms with Crippen molar-refractivity contribution in [3.63, 3.8) is 0 Å². The minimum absolute atomic E-state index is 0.289. The van der Waals surface area contributed by atoms with Gasteiger partial charge in [-0.2, -0.15) is 0 Å². The van der Waals surface area contributed by atoms with Gasteiger partial charge in [0, 0.05) is 12.4 Å². The molecule has 0 aliphatic heterocycles. The van der Waals surface area contributed by atoms with E-state index in [1.165, 1.54) is 0 Å². The third-order valence-corrected chi connectivity index (χ3v) is 2.89. The summed E-state index contributed by atoms with van der Waals surface area (Å²) in [6.07, 6.45) is 4.95. The first kappa shape index (κ1) is 12.2. The summed E-state index contributed by atoms with van der Waals surface area (Å²) in [5, 5.41) is 3.83. The largest absolute Gasteiger partial charge is 0.494 e. The summed E-state index contributed by atoms with van der Waals surface area (Å²) >= 11 is 0. The maximum atomic E-state index is 5.90. The number of methoxy groups -OCH3 is 1. The van der Waals surface area contributed by atoms with Crippen LogP contribution >= 0.6 is 0 Å². The van der Waals surface area contributed by atoms with Crippen LogP contribution in [0.1, 0.15) is 0 Å². The van der Waals surface area contributed by atoms with Crippen LogP contribution in [0.25, 0.3) is 22.6 Å². The second-order valence-corrected chi connectivity index (χ2v) is 4.06. The van der Waals surface area contributed by atoms with Crippen LogP contribution in [0.3, 0.4) is 0 Å². The highest BCUT2D eigenvalue weighted by molar-refractivity contribution is 5.86. The number of hydrogen-bond donors (Lipinski definition) is 1. The molecule has 100 valence electrons. The van der Waals surface area contributed by atoms with E-state index in [-0.39, 0.29) is 5.82 Å². The Morgan fingerprint density at radius 2 is 2.10 bits per heavy atom. The fourth-order valence-corrected chi connectivity index (χ4v) is 1.97. The number of rotatable bonds is 3. The van der Waals surface area contributed by atoms with E-state index >= 15 is 0 Å². The summed E-state index contributed by atoms with van der Waals surface area (Å²) in [4.78, 5) is 8.30. The first-order chi connectivity index (χ1) is 9.81. The van der Waals surface area contributed by atoms with Gasteiger partial charge >= 0.3 is 0 Å². The molecule has 0 amide bonds. The van der Waals surface area contributed by atoms with Crippen molar-refractivity contribution in [2.24, 2.45) is 0 Å². The number of nitrogen functional groups attached to an aromatic ring is 1. The molecule has 20 heavy (non-hydrogen) atoms. The van der Waals surface area contributed by atoms with Gasteiger partial charge in [0.15, 0.2) is 11.6 Å². The number of hydrogen-bond acceptors (Lipinski definition) is 6. The van der Waals surface area contributed by atoms with Crippen LogP contribution in [-0.2, 0) is 0 Å². The van der Waals surface area contributed by atoms with Gasteiger partial charge in [-0.15, -0.1) is 0 Å². The molecule has 0 aromatic carbocycles. The van der Waals surface area contributed by atoms with E-state index in [1.807, 2.05) is 18.2 Å². The maximum absolute atomic E-state index is 5.90. The zero-order valence-corrected chi connectivity index (χ0v) is 10.8. The quantitative estimate of drug-likeness (QED) is 0.784. The van der Waals surface area contributed by atoms with E-state index in [4.69, 9.17) is 15.0 Å². The smallest absolute Gasteiger partial charge is 0.182 e. The lowest BCUT2D eigenvalue weighted by Gasteiger charge is -2.06. The number of nitrogens with two attached hydrogens (primary N) is 1. The van der Waals surface area contributed by atoms with Crippen molar-refractivity contribution in [1.29, 1.82) is 0 Å². The predicted octanol–water partition coefficient (Wildman–Crippen LogP) is 2.39. The summed E-state index contributed by atoms with van der Waals surface area (Å²) in [7, 11) is 1.57. The lowest BCUT2D eigenvalue weighted by molar-refractivity contribution is 0.405. The third kappa shape index (κ3) is 1.97. The fraction of sp³-hybridized carbons (Fsp3) is 0.0714. The standard InChI is InChI=1S/C14H12N4O2/c1-19-11-8-16-7-5-9(11)13-12(14(15)18-20-13)10-4-2-3-6-17-10/h2-8H,1H3,(H2,15,18). The molecule has 3 rings (SSSR count). The molecule has 0 saturated carbocycles. The normalized spacial score (nSPS) is 10.4. The Balaban J connectivity index is 2.22. The minimum Gasteiger partial charge on any atom is -0.494 e. The molecule has 0 saturated heterocycles. The molecule has 0 aliphatic carbocycles. The average Bonchev–Trinajstić information content (AvgIpc) is 2.89. The van der Waals surface area contributed by atoms with Crippen LogP contribution in [-0.4, -0.2) is 22.2 Å². The Morgan fingerprint density at radius 3 is 2.85 bits per heavy atom. The number of ether oxygens (including phenoxy) is 1. The van der Waals surface area contributed by atoms with Crippen molar-refractivity contribution in [1.82, 2.24) is 15.1 Å². The van der Waals surface area contributed by atoms with E-state index in [0.29, 0.717) is 22.8 Å². The second-order valence-electron chi connectivity index (χ2n) is 4.06. The highest BCUT2D eigenvalue weighted by atomic mass is 16.5. The van der Waals surface area contributed by atoms with Crippen molar-refractivity contribution >= 4 is 5.82 Å². The summed E-state index contributed by atoms with van der Waals surface area (Å²) in [6.45, 7) is 0. The monoisotopic (exact) mass is 268 g/mol. The van der Waals surface area contributed by atoms with Gasteiger partial charge in [-0.3, -0.25) is 9.97 Å². The van der Waals surface area contributed by atoms with Gasteiger partial charge in [0.25, 0.3) is 0 Å². The van der Waals surface area contributed by atoms with Crippen LogP contribution in [0.2, 0.25) is 0 Å². The summed E-state index contributed by atoms with van der Waals surface area (Å²) in [5.41, 5.74) is 7.97. The topological polar surface area (TPSA) is 87.1 Å². The van der Waals surface area contributed by atoms with E-state index in [2.05, 4.69) is 15.1 Å². The number of nitrogens with zero attached hydrogens (tertiary/aromatic N) is 3. The van der Waals surface area contributed by atoms with Crippen LogP contribution in [0.5, 0.6) is 5.75 Å². The van der Waals surface area contributed by atoms with Crippen LogP contribution in [0.4, 0.5) is 5.82 Å². The molecular weight excluding hydrogens is 256 g/mol. The molecule has 3 aromatic rings. The number of aromatic nitrogens is 3. The summed E-state index contributed by atoms with van der Waals surface area (Å²) in [6, 6.07) is 7.34. The lowest BCUT2D eigenvalue weighted by Crippen LogP contribution is -1.92. The molecule has 6 heteroatoms. The molecular formula is C14H12N4O2. The molecule has 2 N–H and O–H groups in total. The molecule has 0 radical (unpaired) electrons. The van der Waals surface area contributed by atoms with Crippen molar-refractivity contribution in [2.75, 3.05) is 12.8 Å². The predicted molar refractivity (Wildman–Crippen MR) is 73.9 cm³/mol. The zero-order valence-electron chi connectivity index (χ0n) is 10.8. The van der Waals surface area contributed by atoms with E-state index in [0.717, 1.165) is 5.56 Å². The van der Waals surface area contributed by atoms with Gasteiger partial charge in [0.05, 0.1) is 30.1 Å². The molecule has 0 unspecified atom stereocenters. The first-order valence-electron chi connectivity index (χ1n) is 5.96. The van der Waals surface area contributed by atoms with Gasteiger partial charge in [-0.1, -0.05) is 11.2 Å². The van der Waals surface area contributed by atoms with Gasteiger partial charge in [0.2, 0.25) is 0 Å². The molecule has 0 bridgehead atoms. The SMILES string of the molecule is COc1cnccc1-c1onc(N)c1-c1ccccn1. The van der Waals surface area contributed by atoms with Gasteiger partial charge < -0.3 is 15.0 Å². The molecule has 0 aliphatic rings. The highest BCUT2D eigenvalue weighted by Gasteiger charge is 2.21. The maximum Gasteiger partial charge on any atom is 0.182 e. The van der Waals surface area contributed by atoms with Crippen molar-refractivity contribution in [2.45, 2.75) is 0 Å². The van der Waals surface area contributed by atoms with E-state index < -0.39 is 0 Å². The molecule has 6 nitrogen and oxygen atoms in total. The van der Waals surface area contributed by atoms with Gasteiger partial charge in [0.1, 0.15) is 5.75 Å². The highest BCUT2D eigenvalue weighted by Crippen LogP contribution is 2.39. The molecule has 0 atom stereocenters. The Bertz CT molecular complexity index is 725. The summed E-state index contributed by atoms with van der Waals surface area (Å²) < 4.78 is 10.6. The van der Waals surface area contributed by atoms with E-state index in [1.54, 1.807) is 31.8 Å². The van der Waals surface area contributed by atoms with Crippen molar-refractivity contribution in [3.05, 3.63) is 42.9 Å². The van der Waals surface area contributed by atoms with Gasteiger partial charge in [-0.05, 0) is 18.2 Å². The van der Waals surface area contributed by atoms with Crippen LogP contribution in [0, 0.1) is 0 Å². The number of anilines is 1. The molecule has 0 fully saturated rings. The molecule has 0 spiro atoms. The van der Waals surface area contributed by atoms with Crippen molar-refractivity contribution < 1.29 is 9.26 Å².